The van der Waals surface area contributed by atoms with Crippen LogP contribution in [-0.2, 0) is 4.79 Å². The summed E-state index contributed by atoms with van der Waals surface area (Å²) in [7, 11) is 0. The third kappa shape index (κ3) is 7.60. The zero-order valence-corrected chi connectivity index (χ0v) is 18.9. The summed E-state index contributed by atoms with van der Waals surface area (Å²) in [5, 5.41) is 28.9. The normalized spacial score (nSPS) is 13.2. The van der Waals surface area contributed by atoms with Gasteiger partial charge in [-0.2, -0.15) is 0 Å². The first-order valence-electron chi connectivity index (χ1n) is 8.83. The number of aromatic hydroxyl groups is 2. The van der Waals surface area contributed by atoms with E-state index in [1.807, 2.05) is 0 Å². The highest BCUT2D eigenvalue weighted by molar-refractivity contribution is 9.10. The lowest BCUT2D eigenvalue weighted by Gasteiger charge is -2.07. The molecule has 0 aliphatic rings. The molecular formula is C20H20Br2N4O4. The molecule has 10 heteroatoms. The molecular weight excluding hydrogens is 520 g/mol. The molecule has 0 bridgehead atoms. The molecule has 0 saturated heterocycles. The van der Waals surface area contributed by atoms with Gasteiger partial charge in [0.2, 0.25) is 5.96 Å². The Balaban J connectivity index is 1.91. The second kappa shape index (κ2) is 11.5. The molecule has 0 aliphatic carbocycles. The SMILES string of the molecule is NC(N=Cc1cc(Br)ccc1O)=NCCC[C@H](N=Cc1cc(Br)ccc1O)C(=O)O. The minimum atomic E-state index is -1.07. The summed E-state index contributed by atoms with van der Waals surface area (Å²) in [5.74, 6) is -0.976. The van der Waals surface area contributed by atoms with Crippen LogP contribution in [0, 0.1) is 0 Å². The zero-order valence-electron chi connectivity index (χ0n) is 15.7. The van der Waals surface area contributed by atoms with Crippen molar-refractivity contribution < 1.29 is 20.1 Å². The van der Waals surface area contributed by atoms with Crippen molar-refractivity contribution in [2.45, 2.75) is 18.9 Å². The maximum Gasteiger partial charge on any atom is 0.328 e. The van der Waals surface area contributed by atoms with E-state index in [0.29, 0.717) is 17.5 Å². The van der Waals surface area contributed by atoms with E-state index < -0.39 is 12.0 Å². The van der Waals surface area contributed by atoms with Gasteiger partial charge in [0.05, 0.1) is 0 Å². The molecule has 0 heterocycles. The van der Waals surface area contributed by atoms with Gasteiger partial charge in [-0.3, -0.25) is 9.98 Å². The first-order valence-corrected chi connectivity index (χ1v) is 10.4. The highest BCUT2D eigenvalue weighted by Gasteiger charge is 2.15. The van der Waals surface area contributed by atoms with Gasteiger partial charge in [0.15, 0.2) is 0 Å². The fraction of sp³-hybridized carbons (Fsp3) is 0.200. The number of hydrogen-bond acceptors (Lipinski definition) is 5. The number of hydrogen-bond donors (Lipinski definition) is 4. The molecule has 0 fully saturated rings. The van der Waals surface area contributed by atoms with Gasteiger partial charge in [-0.15, -0.1) is 0 Å². The summed E-state index contributed by atoms with van der Waals surface area (Å²) in [6.07, 6.45) is 3.41. The average Bonchev–Trinajstić information content (AvgIpc) is 2.70. The number of aliphatic imine (C=N–C) groups is 3. The molecule has 2 aromatic carbocycles. The number of benzene rings is 2. The van der Waals surface area contributed by atoms with Gasteiger partial charge in [0, 0.05) is 39.0 Å². The van der Waals surface area contributed by atoms with Crippen LogP contribution in [0.25, 0.3) is 0 Å². The van der Waals surface area contributed by atoms with Gasteiger partial charge in [-0.1, -0.05) is 31.9 Å². The monoisotopic (exact) mass is 538 g/mol. The van der Waals surface area contributed by atoms with E-state index in [1.165, 1.54) is 24.6 Å². The fourth-order valence-electron chi connectivity index (χ4n) is 2.34. The number of guanidine groups is 1. The molecule has 0 unspecified atom stereocenters. The molecule has 0 saturated carbocycles. The maximum atomic E-state index is 11.4. The number of rotatable bonds is 8. The summed E-state index contributed by atoms with van der Waals surface area (Å²) < 4.78 is 1.53. The largest absolute Gasteiger partial charge is 0.507 e. The number of nitrogens with zero attached hydrogens (tertiary/aromatic N) is 3. The Bertz CT molecular complexity index is 993. The van der Waals surface area contributed by atoms with E-state index in [2.05, 4.69) is 46.8 Å². The number of phenols is 2. The Morgan fingerprint density at radius 1 is 1.03 bits per heavy atom. The Morgan fingerprint density at radius 2 is 1.60 bits per heavy atom. The lowest BCUT2D eigenvalue weighted by molar-refractivity contribution is -0.138. The van der Waals surface area contributed by atoms with E-state index in [4.69, 9.17) is 5.73 Å². The van der Waals surface area contributed by atoms with Crippen LogP contribution in [0.5, 0.6) is 11.5 Å². The third-order valence-electron chi connectivity index (χ3n) is 3.90. The number of carboxylic acids is 1. The van der Waals surface area contributed by atoms with Crippen LogP contribution in [0.2, 0.25) is 0 Å². The van der Waals surface area contributed by atoms with E-state index in [9.17, 15) is 20.1 Å². The quantitative estimate of drug-likeness (QED) is 0.230. The summed E-state index contributed by atoms with van der Waals surface area (Å²) in [6.45, 7) is 0.273. The van der Waals surface area contributed by atoms with Crippen LogP contribution < -0.4 is 5.73 Å². The number of phenolic OH excluding ortho intramolecular Hbond substituents is 2. The zero-order chi connectivity index (χ0) is 22.1. The van der Waals surface area contributed by atoms with Crippen molar-refractivity contribution in [1.82, 2.24) is 0 Å². The standard InChI is InChI=1S/C20H20Br2N4O4/c21-14-3-5-17(27)12(8-14)10-25-16(19(29)30)2-1-7-24-20(23)26-11-13-9-15(22)4-6-18(13)28/h3-6,8-11,16,27-28H,1-2,7H2,(H2,23,24)(H,29,30)/t16-/m0/s1. The lowest BCUT2D eigenvalue weighted by Crippen LogP contribution is -2.18. The predicted molar refractivity (Wildman–Crippen MR) is 124 cm³/mol. The molecule has 0 radical (unpaired) electrons. The molecule has 8 nitrogen and oxygen atoms in total. The predicted octanol–water partition coefficient (Wildman–Crippen LogP) is 3.71. The van der Waals surface area contributed by atoms with Crippen LogP contribution >= 0.6 is 31.9 Å². The molecule has 0 spiro atoms. The van der Waals surface area contributed by atoms with Crippen LogP contribution in [0.3, 0.4) is 0 Å². The van der Waals surface area contributed by atoms with Crippen LogP contribution in [0.1, 0.15) is 24.0 Å². The van der Waals surface area contributed by atoms with Crippen molar-refractivity contribution in [3.05, 3.63) is 56.5 Å². The average molecular weight is 540 g/mol. The topological polar surface area (TPSA) is 141 Å². The molecule has 5 N–H and O–H groups in total. The van der Waals surface area contributed by atoms with E-state index in [0.717, 1.165) is 8.95 Å². The third-order valence-corrected chi connectivity index (χ3v) is 4.89. The fourth-order valence-corrected chi connectivity index (χ4v) is 3.10. The number of nitrogens with two attached hydrogens (primary N) is 1. The second-order valence-corrected chi connectivity index (χ2v) is 8.01. The minimum Gasteiger partial charge on any atom is -0.507 e. The second-order valence-electron chi connectivity index (χ2n) is 6.18. The number of aliphatic carboxylic acids is 1. The van der Waals surface area contributed by atoms with Crippen LogP contribution in [0.15, 0.2) is 60.3 Å². The molecule has 158 valence electrons. The first-order chi connectivity index (χ1) is 14.3. The van der Waals surface area contributed by atoms with Gasteiger partial charge in [-0.25, -0.2) is 9.79 Å². The Morgan fingerprint density at radius 3 is 2.17 bits per heavy atom. The van der Waals surface area contributed by atoms with Gasteiger partial charge in [0.1, 0.15) is 17.5 Å². The van der Waals surface area contributed by atoms with Gasteiger partial charge >= 0.3 is 5.97 Å². The maximum absolute atomic E-state index is 11.4. The van der Waals surface area contributed by atoms with E-state index in [1.54, 1.807) is 24.3 Å². The summed E-state index contributed by atoms with van der Waals surface area (Å²) in [4.78, 5) is 23.5. The van der Waals surface area contributed by atoms with E-state index >= 15 is 0 Å². The van der Waals surface area contributed by atoms with Crippen molar-refractivity contribution in [3.8, 4) is 11.5 Å². The highest BCUT2D eigenvalue weighted by Crippen LogP contribution is 2.21. The van der Waals surface area contributed by atoms with Crippen LogP contribution in [-0.4, -0.2) is 52.3 Å². The Labute approximate surface area is 190 Å². The van der Waals surface area contributed by atoms with Crippen molar-refractivity contribution >= 4 is 56.2 Å². The molecule has 30 heavy (non-hydrogen) atoms. The molecule has 1 atom stereocenters. The molecule has 0 aliphatic heterocycles. The van der Waals surface area contributed by atoms with Crippen molar-refractivity contribution in [3.63, 3.8) is 0 Å². The van der Waals surface area contributed by atoms with Crippen molar-refractivity contribution in [2.75, 3.05) is 6.54 Å². The number of carbonyl (C=O) groups is 1. The van der Waals surface area contributed by atoms with Gasteiger partial charge < -0.3 is 21.1 Å². The smallest absolute Gasteiger partial charge is 0.328 e. The summed E-state index contributed by atoms with van der Waals surface area (Å²) >= 11 is 6.59. The highest BCUT2D eigenvalue weighted by atomic mass is 79.9. The Hall–Kier alpha value is -2.72. The summed E-state index contributed by atoms with van der Waals surface area (Å²) in [6, 6.07) is 8.75. The molecule has 0 aromatic heterocycles. The first kappa shape index (κ1) is 23.6. The molecule has 2 aromatic rings. The molecule has 2 rings (SSSR count). The van der Waals surface area contributed by atoms with Gasteiger partial charge in [0.25, 0.3) is 0 Å². The van der Waals surface area contributed by atoms with E-state index in [-0.39, 0.29) is 30.4 Å². The molecule has 0 amide bonds. The number of halogens is 2. The minimum absolute atomic E-state index is 0.0119. The van der Waals surface area contributed by atoms with Crippen molar-refractivity contribution in [1.29, 1.82) is 0 Å². The van der Waals surface area contributed by atoms with Crippen molar-refractivity contribution in [2.24, 2.45) is 20.7 Å². The van der Waals surface area contributed by atoms with Crippen LogP contribution in [0.4, 0.5) is 0 Å². The Kier molecular flexibility index (Phi) is 9.00. The lowest BCUT2D eigenvalue weighted by atomic mass is 10.1. The summed E-state index contributed by atoms with van der Waals surface area (Å²) in [5.41, 5.74) is 6.64. The number of carboxylic acid groups (broad SMARTS) is 1. The van der Waals surface area contributed by atoms with Gasteiger partial charge in [-0.05, 0) is 49.2 Å².